The van der Waals surface area contributed by atoms with Crippen LogP contribution in [-0.4, -0.2) is 48.7 Å². The van der Waals surface area contributed by atoms with Gasteiger partial charge in [0.1, 0.15) is 0 Å². The second-order valence-corrected chi connectivity index (χ2v) is 5.28. The molecule has 2 aliphatic rings. The summed E-state index contributed by atoms with van der Waals surface area (Å²) in [4.78, 5) is 0. The molecule has 1 atom stereocenters. The van der Waals surface area contributed by atoms with Crippen LogP contribution in [0, 0.1) is 11.8 Å². The monoisotopic (exact) mass is 229 g/mol. The minimum atomic E-state index is -0.399. The van der Waals surface area contributed by atoms with Gasteiger partial charge in [0.2, 0.25) is 0 Å². The first-order chi connectivity index (χ1) is 7.74. The minimum Gasteiger partial charge on any atom is -0.393 e. The summed E-state index contributed by atoms with van der Waals surface area (Å²) in [5, 5.41) is 21.9. The predicted octanol–water partition coefficient (Wildman–Crippen LogP) is 0.134. The molecule has 2 aliphatic carbocycles. The molecule has 0 bridgehead atoms. The van der Waals surface area contributed by atoms with Crippen molar-refractivity contribution in [3.05, 3.63) is 0 Å². The molecule has 3 N–H and O–H groups in total. The standard InChI is InChI=1S/C12H23NO3/c14-11-3-10(4-11)5-13-6-12(15)8-16-7-9-1-2-9/h9-15H,1-8H2. The minimum absolute atomic E-state index is 0.0846. The molecule has 0 radical (unpaired) electrons. The number of ether oxygens (including phenoxy) is 1. The molecule has 1 unspecified atom stereocenters. The third kappa shape index (κ3) is 4.37. The van der Waals surface area contributed by atoms with Gasteiger partial charge in [-0.3, -0.25) is 0 Å². The highest BCUT2D eigenvalue weighted by atomic mass is 16.5. The lowest BCUT2D eigenvalue weighted by atomic mass is 9.82. The van der Waals surface area contributed by atoms with E-state index >= 15 is 0 Å². The number of aliphatic hydroxyl groups is 2. The largest absolute Gasteiger partial charge is 0.393 e. The number of aliphatic hydroxyl groups excluding tert-OH is 2. The maximum Gasteiger partial charge on any atom is 0.0897 e. The van der Waals surface area contributed by atoms with Gasteiger partial charge < -0.3 is 20.3 Å². The van der Waals surface area contributed by atoms with Gasteiger partial charge in [-0.05, 0) is 44.1 Å². The Balaban J connectivity index is 1.39. The zero-order valence-corrected chi connectivity index (χ0v) is 9.77. The van der Waals surface area contributed by atoms with Gasteiger partial charge in [-0.15, -0.1) is 0 Å². The van der Waals surface area contributed by atoms with Gasteiger partial charge in [-0.2, -0.15) is 0 Å². The number of hydrogen-bond acceptors (Lipinski definition) is 4. The molecule has 0 aromatic carbocycles. The summed E-state index contributed by atoms with van der Waals surface area (Å²) < 4.78 is 5.40. The summed E-state index contributed by atoms with van der Waals surface area (Å²) in [5.41, 5.74) is 0. The van der Waals surface area contributed by atoms with Crippen molar-refractivity contribution in [1.29, 1.82) is 0 Å². The van der Waals surface area contributed by atoms with E-state index in [-0.39, 0.29) is 6.10 Å². The van der Waals surface area contributed by atoms with Gasteiger partial charge >= 0.3 is 0 Å². The van der Waals surface area contributed by atoms with Crippen LogP contribution in [0.15, 0.2) is 0 Å². The lowest BCUT2D eigenvalue weighted by molar-refractivity contribution is 0.0247. The molecule has 4 heteroatoms. The Kier molecular flexibility index (Phi) is 4.58. The van der Waals surface area contributed by atoms with Crippen LogP contribution >= 0.6 is 0 Å². The topological polar surface area (TPSA) is 61.7 Å². The van der Waals surface area contributed by atoms with Crippen LogP contribution in [0.1, 0.15) is 25.7 Å². The van der Waals surface area contributed by atoms with Gasteiger partial charge in [0.25, 0.3) is 0 Å². The summed E-state index contributed by atoms with van der Waals surface area (Å²) >= 11 is 0. The first kappa shape index (κ1) is 12.3. The van der Waals surface area contributed by atoms with Crippen molar-refractivity contribution in [2.75, 3.05) is 26.3 Å². The summed E-state index contributed by atoms with van der Waals surface area (Å²) in [7, 11) is 0. The highest BCUT2D eigenvalue weighted by molar-refractivity contribution is 4.80. The van der Waals surface area contributed by atoms with Crippen molar-refractivity contribution in [2.45, 2.75) is 37.9 Å². The Bertz CT molecular complexity index is 202. The Morgan fingerprint density at radius 1 is 1.25 bits per heavy atom. The number of rotatable bonds is 8. The molecule has 0 amide bonds. The van der Waals surface area contributed by atoms with E-state index in [1.807, 2.05) is 0 Å². The highest BCUT2D eigenvalue weighted by Gasteiger charge is 2.26. The van der Waals surface area contributed by atoms with Crippen LogP contribution in [-0.2, 0) is 4.74 Å². The molecule has 2 fully saturated rings. The molecule has 0 aromatic heterocycles. The Morgan fingerprint density at radius 2 is 2.00 bits per heavy atom. The maximum atomic E-state index is 9.60. The van der Waals surface area contributed by atoms with Gasteiger partial charge in [0.15, 0.2) is 0 Å². The highest BCUT2D eigenvalue weighted by Crippen LogP contribution is 2.28. The summed E-state index contributed by atoms with van der Waals surface area (Å²) in [5.74, 6) is 1.35. The van der Waals surface area contributed by atoms with Crippen molar-refractivity contribution < 1.29 is 14.9 Å². The molecule has 0 saturated heterocycles. The van der Waals surface area contributed by atoms with Crippen molar-refractivity contribution in [2.24, 2.45) is 11.8 Å². The lowest BCUT2D eigenvalue weighted by Crippen LogP contribution is -2.39. The maximum absolute atomic E-state index is 9.60. The second kappa shape index (κ2) is 5.96. The molecule has 0 spiro atoms. The molecule has 0 aliphatic heterocycles. The van der Waals surface area contributed by atoms with Gasteiger partial charge in [0, 0.05) is 13.2 Å². The molecule has 94 valence electrons. The molecule has 4 nitrogen and oxygen atoms in total. The van der Waals surface area contributed by atoms with E-state index < -0.39 is 6.10 Å². The van der Waals surface area contributed by atoms with E-state index in [1.165, 1.54) is 12.8 Å². The van der Waals surface area contributed by atoms with E-state index in [0.29, 0.717) is 19.1 Å². The van der Waals surface area contributed by atoms with Crippen LogP contribution in [0.5, 0.6) is 0 Å². The van der Waals surface area contributed by atoms with Crippen molar-refractivity contribution in [1.82, 2.24) is 5.32 Å². The normalized spacial score (nSPS) is 31.1. The summed E-state index contributed by atoms with van der Waals surface area (Å²) in [6, 6.07) is 0. The summed E-state index contributed by atoms with van der Waals surface area (Å²) in [6.45, 7) is 2.75. The van der Waals surface area contributed by atoms with Crippen molar-refractivity contribution in [3.8, 4) is 0 Å². The van der Waals surface area contributed by atoms with Crippen LogP contribution in [0.3, 0.4) is 0 Å². The predicted molar refractivity (Wildman–Crippen MR) is 61.2 cm³/mol. The van der Waals surface area contributed by atoms with E-state index in [1.54, 1.807) is 0 Å². The van der Waals surface area contributed by atoms with Gasteiger partial charge in [-0.25, -0.2) is 0 Å². The van der Waals surface area contributed by atoms with Crippen LogP contribution < -0.4 is 5.32 Å². The molecular weight excluding hydrogens is 206 g/mol. The van der Waals surface area contributed by atoms with Crippen LogP contribution in [0.2, 0.25) is 0 Å². The average Bonchev–Trinajstić information content (AvgIpc) is 2.99. The molecule has 16 heavy (non-hydrogen) atoms. The molecule has 2 rings (SSSR count). The Hall–Kier alpha value is -0.160. The van der Waals surface area contributed by atoms with E-state index in [9.17, 15) is 5.11 Å². The molecular formula is C12H23NO3. The van der Waals surface area contributed by atoms with E-state index in [4.69, 9.17) is 9.84 Å². The fourth-order valence-electron chi connectivity index (χ4n) is 2.04. The van der Waals surface area contributed by atoms with Crippen molar-refractivity contribution in [3.63, 3.8) is 0 Å². The lowest BCUT2D eigenvalue weighted by Gasteiger charge is -2.31. The SMILES string of the molecule is OC(CNCC1CC(O)C1)COCC1CC1. The fourth-order valence-corrected chi connectivity index (χ4v) is 2.04. The Morgan fingerprint density at radius 3 is 2.62 bits per heavy atom. The van der Waals surface area contributed by atoms with Gasteiger partial charge in [-0.1, -0.05) is 0 Å². The smallest absolute Gasteiger partial charge is 0.0897 e. The molecule has 2 saturated carbocycles. The van der Waals surface area contributed by atoms with Crippen LogP contribution in [0.4, 0.5) is 0 Å². The third-order valence-corrected chi connectivity index (χ3v) is 3.38. The summed E-state index contributed by atoms with van der Waals surface area (Å²) in [6.07, 6.45) is 3.90. The van der Waals surface area contributed by atoms with Crippen LogP contribution in [0.25, 0.3) is 0 Å². The number of nitrogens with one attached hydrogen (secondary N) is 1. The van der Waals surface area contributed by atoms with Crippen molar-refractivity contribution >= 4 is 0 Å². The zero-order chi connectivity index (χ0) is 11.4. The quantitative estimate of drug-likeness (QED) is 0.554. The second-order valence-electron chi connectivity index (χ2n) is 5.28. The first-order valence-electron chi connectivity index (χ1n) is 6.38. The van der Waals surface area contributed by atoms with E-state index in [2.05, 4.69) is 5.32 Å². The van der Waals surface area contributed by atoms with E-state index in [0.717, 1.165) is 31.9 Å². The third-order valence-electron chi connectivity index (χ3n) is 3.38. The number of hydrogen-bond donors (Lipinski definition) is 3. The first-order valence-corrected chi connectivity index (χ1v) is 6.38. The fraction of sp³-hybridized carbons (Fsp3) is 1.00. The van der Waals surface area contributed by atoms with Gasteiger partial charge in [0.05, 0.1) is 18.8 Å². The Labute approximate surface area is 97.0 Å². The molecule has 0 heterocycles. The zero-order valence-electron chi connectivity index (χ0n) is 9.77. The average molecular weight is 229 g/mol. The molecule has 0 aromatic rings.